The zero-order valence-electron chi connectivity index (χ0n) is 13.2. The standard InChI is InChI=1S/C18H19ClN2O2S/c19-16-9-11-17(12-10-16)24(22,23)20-18(15-7-3-1-4-8-15)21-13-5-2-6-14-21/h1,3-4,7-12H,2,5-6,13-14H2/b20-18+. The molecule has 4 nitrogen and oxygen atoms in total. The van der Waals surface area contributed by atoms with E-state index in [-0.39, 0.29) is 4.90 Å². The number of hydrogen-bond acceptors (Lipinski definition) is 2. The van der Waals surface area contributed by atoms with E-state index in [1.165, 1.54) is 18.6 Å². The molecule has 1 saturated heterocycles. The molecule has 126 valence electrons. The van der Waals surface area contributed by atoms with E-state index in [1.54, 1.807) is 12.1 Å². The summed E-state index contributed by atoms with van der Waals surface area (Å²) in [7, 11) is -3.79. The van der Waals surface area contributed by atoms with Crippen molar-refractivity contribution in [3.63, 3.8) is 0 Å². The molecule has 3 rings (SSSR count). The Balaban J connectivity index is 2.03. The lowest BCUT2D eigenvalue weighted by Crippen LogP contribution is -2.36. The molecule has 0 saturated carbocycles. The fourth-order valence-corrected chi connectivity index (χ4v) is 3.92. The predicted molar refractivity (Wildman–Crippen MR) is 97.0 cm³/mol. The van der Waals surface area contributed by atoms with E-state index < -0.39 is 10.0 Å². The number of hydrogen-bond donors (Lipinski definition) is 0. The van der Waals surface area contributed by atoms with Crippen molar-refractivity contribution in [2.24, 2.45) is 4.40 Å². The smallest absolute Gasteiger partial charge is 0.284 e. The number of nitrogens with zero attached hydrogens (tertiary/aromatic N) is 2. The highest BCUT2D eigenvalue weighted by Gasteiger charge is 2.21. The largest absolute Gasteiger partial charge is 0.355 e. The summed E-state index contributed by atoms with van der Waals surface area (Å²) < 4.78 is 29.6. The molecule has 1 heterocycles. The predicted octanol–water partition coefficient (Wildman–Crippen LogP) is 3.96. The number of piperidine rings is 1. The minimum atomic E-state index is -3.79. The molecule has 2 aromatic rings. The van der Waals surface area contributed by atoms with Gasteiger partial charge in [-0.25, -0.2) is 0 Å². The van der Waals surface area contributed by atoms with Gasteiger partial charge in [-0.1, -0.05) is 41.9 Å². The number of halogens is 1. The molecular weight excluding hydrogens is 344 g/mol. The van der Waals surface area contributed by atoms with Gasteiger partial charge in [0.05, 0.1) is 4.90 Å². The van der Waals surface area contributed by atoms with Gasteiger partial charge in [-0.2, -0.15) is 8.42 Å². The SMILES string of the molecule is O=S(=O)(/N=C(\c1ccccc1)N1CCCCC1)c1ccc(Cl)cc1. The summed E-state index contributed by atoms with van der Waals surface area (Å²) in [4.78, 5) is 2.21. The first-order chi connectivity index (χ1) is 11.6. The molecule has 6 heteroatoms. The van der Waals surface area contributed by atoms with E-state index in [4.69, 9.17) is 11.6 Å². The van der Waals surface area contributed by atoms with Crippen LogP contribution in [0.4, 0.5) is 0 Å². The van der Waals surface area contributed by atoms with Crippen molar-refractivity contribution >= 4 is 27.5 Å². The van der Waals surface area contributed by atoms with Crippen molar-refractivity contribution in [1.82, 2.24) is 4.90 Å². The van der Waals surface area contributed by atoms with Gasteiger partial charge < -0.3 is 4.90 Å². The molecule has 0 atom stereocenters. The van der Waals surface area contributed by atoms with Gasteiger partial charge in [-0.15, -0.1) is 4.40 Å². The molecule has 1 fully saturated rings. The van der Waals surface area contributed by atoms with Crippen molar-refractivity contribution in [1.29, 1.82) is 0 Å². The van der Waals surface area contributed by atoms with Crippen molar-refractivity contribution < 1.29 is 8.42 Å². The van der Waals surface area contributed by atoms with Crippen LogP contribution in [0.3, 0.4) is 0 Å². The molecular formula is C18H19ClN2O2S. The minimum Gasteiger partial charge on any atom is -0.355 e. The number of sulfonamides is 1. The highest BCUT2D eigenvalue weighted by molar-refractivity contribution is 7.90. The van der Waals surface area contributed by atoms with Crippen LogP contribution in [0.15, 0.2) is 63.9 Å². The highest BCUT2D eigenvalue weighted by atomic mass is 35.5. The lowest BCUT2D eigenvalue weighted by molar-refractivity contribution is 0.343. The average Bonchev–Trinajstić information content (AvgIpc) is 2.62. The second kappa shape index (κ2) is 7.36. The third kappa shape index (κ3) is 3.97. The zero-order valence-corrected chi connectivity index (χ0v) is 14.8. The summed E-state index contributed by atoms with van der Waals surface area (Å²) in [5, 5.41) is 0.497. The topological polar surface area (TPSA) is 49.7 Å². The maximum Gasteiger partial charge on any atom is 0.284 e. The van der Waals surface area contributed by atoms with Crippen LogP contribution >= 0.6 is 11.6 Å². The lowest BCUT2D eigenvalue weighted by Gasteiger charge is -2.29. The summed E-state index contributed by atoms with van der Waals surface area (Å²) in [6, 6.07) is 15.6. The number of amidine groups is 1. The highest BCUT2D eigenvalue weighted by Crippen LogP contribution is 2.20. The fourth-order valence-electron chi connectivity index (χ4n) is 2.76. The van der Waals surface area contributed by atoms with Crippen LogP contribution in [0.1, 0.15) is 24.8 Å². The van der Waals surface area contributed by atoms with Crippen LogP contribution in [0.5, 0.6) is 0 Å². The van der Waals surface area contributed by atoms with Gasteiger partial charge in [-0.05, 0) is 43.5 Å². The molecule has 24 heavy (non-hydrogen) atoms. The maximum absolute atomic E-state index is 12.7. The fraction of sp³-hybridized carbons (Fsp3) is 0.278. The molecule has 0 aromatic heterocycles. The number of likely N-dealkylation sites (tertiary alicyclic amines) is 1. The molecule has 0 radical (unpaired) electrons. The second-order valence-electron chi connectivity index (χ2n) is 5.76. The quantitative estimate of drug-likeness (QED) is 0.613. The summed E-state index contributed by atoms with van der Waals surface area (Å²) >= 11 is 5.85. The van der Waals surface area contributed by atoms with Gasteiger partial charge in [0, 0.05) is 23.7 Å². The summed E-state index contributed by atoms with van der Waals surface area (Å²) in [5.41, 5.74) is 0.817. The van der Waals surface area contributed by atoms with Crippen LogP contribution in [0, 0.1) is 0 Å². The Bertz CT molecular complexity index is 812. The van der Waals surface area contributed by atoms with Gasteiger partial charge in [0.15, 0.2) is 0 Å². The van der Waals surface area contributed by atoms with Gasteiger partial charge >= 0.3 is 0 Å². The molecule has 0 N–H and O–H groups in total. The van der Waals surface area contributed by atoms with Crippen molar-refractivity contribution in [2.75, 3.05) is 13.1 Å². The van der Waals surface area contributed by atoms with E-state index in [0.717, 1.165) is 31.5 Å². The number of rotatable bonds is 3. The van der Waals surface area contributed by atoms with Crippen LogP contribution in [0.2, 0.25) is 5.02 Å². The Morgan fingerprint density at radius 2 is 1.54 bits per heavy atom. The van der Waals surface area contributed by atoms with Crippen LogP contribution < -0.4 is 0 Å². The summed E-state index contributed by atoms with van der Waals surface area (Å²) in [6.07, 6.45) is 3.27. The average molecular weight is 363 g/mol. The minimum absolute atomic E-state index is 0.150. The molecule has 1 aliphatic rings. The Morgan fingerprint density at radius 1 is 0.917 bits per heavy atom. The van der Waals surface area contributed by atoms with Gasteiger partial charge in [0.25, 0.3) is 10.0 Å². The third-order valence-electron chi connectivity index (χ3n) is 4.01. The van der Waals surface area contributed by atoms with Gasteiger partial charge in [0.2, 0.25) is 0 Å². The van der Waals surface area contributed by atoms with Gasteiger partial charge in [-0.3, -0.25) is 0 Å². The maximum atomic E-state index is 12.7. The first-order valence-electron chi connectivity index (χ1n) is 7.97. The molecule has 0 unspecified atom stereocenters. The number of benzene rings is 2. The van der Waals surface area contributed by atoms with E-state index in [1.807, 2.05) is 30.3 Å². The Hall–Kier alpha value is -1.85. The molecule has 1 aliphatic heterocycles. The van der Waals surface area contributed by atoms with E-state index in [2.05, 4.69) is 9.30 Å². The van der Waals surface area contributed by atoms with Crippen molar-refractivity contribution in [2.45, 2.75) is 24.2 Å². The monoisotopic (exact) mass is 362 g/mol. The summed E-state index contributed by atoms with van der Waals surface area (Å²) in [6.45, 7) is 1.65. The molecule has 0 bridgehead atoms. The normalized spacial score (nSPS) is 16.2. The van der Waals surface area contributed by atoms with Gasteiger partial charge in [0.1, 0.15) is 5.84 Å². The zero-order chi connectivity index (χ0) is 17.0. The Morgan fingerprint density at radius 3 is 2.17 bits per heavy atom. The van der Waals surface area contributed by atoms with Crippen LogP contribution in [-0.4, -0.2) is 32.2 Å². The summed E-state index contributed by atoms with van der Waals surface area (Å²) in [5.74, 6) is 0.519. The molecule has 0 amide bonds. The Labute approximate surface area is 147 Å². The Kier molecular flexibility index (Phi) is 5.21. The first-order valence-corrected chi connectivity index (χ1v) is 9.79. The van der Waals surface area contributed by atoms with E-state index in [0.29, 0.717) is 10.9 Å². The molecule has 2 aromatic carbocycles. The van der Waals surface area contributed by atoms with Crippen molar-refractivity contribution in [3.8, 4) is 0 Å². The lowest BCUT2D eigenvalue weighted by atomic mass is 10.1. The van der Waals surface area contributed by atoms with E-state index >= 15 is 0 Å². The third-order valence-corrected chi connectivity index (χ3v) is 5.54. The van der Waals surface area contributed by atoms with Crippen molar-refractivity contribution in [3.05, 3.63) is 65.2 Å². The van der Waals surface area contributed by atoms with Crippen LogP contribution in [0.25, 0.3) is 0 Å². The van der Waals surface area contributed by atoms with Crippen LogP contribution in [-0.2, 0) is 10.0 Å². The molecule has 0 spiro atoms. The molecule has 0 aliphatic carbocycles. The second-order valence-corrected chi connectivity index (χ2v) is 7.80. The van der Waals surface area contributed by atoms with E-state index in [9.17, 15) is 8.42 Å². The first kappa shape index (κ1) is 17.0.